The Hall–Kier alpha value is -2.68. The van der Waals surface area contributed by atoms with Crippen molar-refractivity contribution in [3.8, 4) is 0 Å². The first kappa shape index (κ1) is 13.3. The topological polar surface area (TPSA) is 39.1 Å². The molecule has 0 atom stereocenters. The number of aldehydes is 1. The van der Waals surface area contributed by atoms with Crippen molar-refractivity contribution in [2.75, 3.05) is 0 Å². The number of rotatable bonds is 4. The number of ketones is 1. The fraction of sp³-hybridized carbons (Fsp3) is 0.111. The Morgan fingerprint density at radius 2 is 2.00 bits per heavy atom. The maximum Gasteiger partial charge on any atom is 0.161 e. The second-order valence-electron chi connectivity index (χ2n) is 5.06. The summed E-state index contributed by atoms with van der Waals surface area (Å²) in [5, 5.41) is 1.97. The van der Waals surface area contributed by atoms with E-state index in [-0.39, 0.29) is 5.78 Å². The van der Waals surface area contributed by atoms with Gasteiger partial charge in [-0.25, -0.2) is 0 Å². The van der Waals surface area contributed by atoms with Gasteiger partial charge in [-0.2, -0.15) is 0 Å². The molecular formula is C18H15NO2. The average molecular weight is 277 g/mol. The fourth-order valence-corrected chi connectivity index (χ4v) is 2.87. The lowest BCUT2D eigenvalue weighted by Gasteiger charge is -2.07. The number of allylic oxidation sites excluding steroid dienone is 1. The Bertz CT molecular complexity index is 887. The Balaban J connectivity index is 2.58. The molecule has 0 fully saturated rings. The SMILES string of the molecule is C=CCn1c2ccccc2c2cc(C=O)cc(C(C)=O)c21. The molecule has 0 spiro atoms. The molecule has 2 aromatic carbocycles. The van der Waals surface area contributed by atoms with Gasteiger partial charge in [0.15, 0.2) is 5.78 Å². The predicted molar refractivity (Wildman–Crippen MR) is 85.0 cm³/mol. The lowest BCUT2D eigenvalue weighted by Crippen LogP contribution is -2.02. The zero-order chi connectivity index (χ0) is 15.0. The molecule has 0 saturated heterocycles. The van der Waals surface area contributed by atoms with E-state index in [0.717, 1.165) is 28.1 Å². The first-order chi connectivity index (χ1) is 10.2. The van der Waals surface area contributed by atoms with Gasteiger partial charge in [-0.15, -0.1) is 6.58 Å². The van der Waals surface area contributed by atoms with E-state index in [2.05, 4.69) is 11.1 Å². The van der Waals surface area contributed by atoms with Gasteiger partial charge in [0.1, 0.15) is 6.29 Å². The molecule has 0 N–H and O–H groups in total. The molecule has 1 aromatic heterocycles. The molecule has 3 aromatic rings. The fourth-order valence-electron chi connectivity index (χ4n) is 2.87. The number of hydrogen-bond donors (Lipinski definition) is 0. The van der Waals surface area contributed by atoms with Crippen LogP contribution in [0.1, 0.15) is 27.6 Å². The van der Waals surface area contributed by atoms with Crippen LogP contribution >= 0.6 is 0 Å². The maximum absolute atomic E-state index is 12.0. The van der Waals surface area contributed by atoms with Crippen LogP contribution in [-0.2, 0) is 6.54 Å². The minimum absolute atomic E-state index is 0.0446. The molecule has 0 bridgehead atoms. The minimum atomic E-state index is -0.0446. The summed E-state index contributed by atoms with van der Waals surface area (Å²) >= 11 is 0. The van der Waals surface area contributed by atoms with Crippen molar-refractivity contribution < 1.29 is 9.59 Å². The summed E-state index contributed by atoms with van der Waals surface area (Å²) in [6.07, 6.45) is 2.59. The molecule has 1 heterocycles. The van der Waals surface area contributed by atoms with Crippen molar-refractivity contribution in [1.29, 1.82) is 0 Å². The molecule has 3 nitrogen and oxygen atoms in total. The third-order valence-corrected chi connectivity index (χ3v) is 3.71. The van der Waals surface area contributed by atoms with E-state index in [1.165, 1.54) is 6.92 Å². The van der Waals surface area contributed by atoms with Crippen LogP contribution in [0, 0.1) is 0 Å². The van der Waals surface area contributed by atoms with Crippen LogP contribution in [-0.4, -0.2) is 16.6 Å². The number of para-hydroxylation sites is 1. The van der Waals surface area contributed by atoms with Gasteiger partial charge < -0.3 is 4.57 Å². The van der Waals surface area contributed by atoms with Crippen LogP contribution in [0.5, 0.6) is 0 Å². The second kappa shape index (κ2) is 5.02. The summed E-state index contributed by atoms with van der Waals surface area (Å²) in [7, 11) is 0. The molecular weight excluding hydrogens is 262 g/mol. The number of carbonyl (C=O) groups excluding carboxylic acids is 2. The van der Waals surface area contributed by atoms with Gasteiger partial charge in [0.2, 0.25) is 0 Å². The summed E-state index contributed by atoms with van der Waals surface area (Å²) in [6, 6.07) is 11.5. The molecule has 0 unspecified atom stereocenters. The number of aromatic nitrogens is 1. The lowest BCUT2D eigenvalue weighted by atomic mass is 10.0. The molecule has 0 saturated carbocycles. The van der Waals surface area contributed by atoms with Crippen molar-refractivity contribution in [2.24, 2.45) is 0 Å². The van der Waals surface area contributed by atoms with Gasteiger partial charge >= 0.3 is 0 Å². The molecule has 21 heavy (non-hydrogen) atoms. The first-order valence-electron chi connectivity index (χ1n) is 6.79. The highest BCUT2D eigenvalue weighted by Gasteiger charge is 2.16. The summed E-state index contributed by atoms with van der Waals surface area (Å²) in [4.78, 5) is 23.2. The van der Waals surface area contributed by atoms with E-state index in [0.29, 0.717) is 17.7 Å². The minimum Gasteiger partial charge on any atom is -0.336 e. The number of nitrogens with zero attached hydrogens (tertiary/aromatic N) is 1. The van der Waals surface area contributed by atoms with Crippen LogP contribution < -0.4 is 0 Å². The summed E-state index contributed by atoms with van der Waals surface area (Å²) in [5.41, 5.74) is 3.01. The predicted octanol–water partition coefficient (Wildman–Crippen LogP) is 4.00. The average Bonchev–Trinajstić information content (AvgIpc) is 2.81. The Labute approximate surface area is 122 Å². The summed E-state index contributed by atoms with van der Waals surface area (Å²) in [5.74, 6) is -0.0446. The number of benzene rings is 2. The molecule has 3 rings (SSSR count). The van der Waals surface area contributed by atoms with E-state index in [1.54, 1.807) is 6.07 Å². The van der Waals surface area contributed by atoms with E-state index in [1.807, 2.05) is 36.4 Å². The second-order valence-corrected chi connectivity index (χ2v) is 5.06. The number of carbonyl (C=O) groups is 2. The highest BCUT2D eigenvalue weighted by molar-refractivity contribution is 6.17. The molecule has 104 valence electrons. The summed E-state index contributed by atoms with van der Waals surface area (Å²) < 4.78 is 2.07. The van der Waals surface area contributed by atoms with Crippen molar-refractivity contribution in [3.05, 3.63) is 60.2 Å². The molecule has 0 aliphatic heterocycles. The van der Waals surface area contributed by atoms with Gasteiger partial charge in [-0.05, 0) is 25.1 Å². The van der Waals surface area contributed by atoms with Gasteiger partial charge in [0.05, 0.1) is 5.52 Å². The van der Waals surface area contributed by atoms with Crippen LogP contribution in [0.3, 0.4) is 0 Å². The van der Waals surface area contributed by atoms with Crippen molar-refractivity contribution in [3.63, 3.8) is 0 Å². The van der Waals surface area contributed by atoms with Crippen molar-refractivity contribution in [2.45, 2.75) is 13.5 Å². The monoisotopic (exact) mass is 277 g/mol. The van der Waals surface area contributed by atoms with E-state index >= 15 is 0 Å². The third kappa shape index (κ3) is 1.98. The first-order valence-corrected chi connectivity index (χ1v) is 6.79. The molecule has 0 aliphatic carbocycles. The maximum atomic E-state index is 12.0. The van der Waals surface area contributed by atoms with Gasteiger partial charge in [-0.1, -0.05) is 24.3 Å². The highest BCUT2D eigenvalue weighted by atomic mass is 16.1. The highest BCUT2D eigenvalue weighted by Crippen LogP contribution is 2.32. The zero-order valence-corrected chi connectivity index (χ0v) is 11.8. The Morgan fingerprint density at radius 1 is 1.24 bits per heavy atom. The van der Waals surface area contributed by atoms with E-state index < -0.39 is 0 Å². The number of hydrogen-bond acceptors (Lipinski definition) is 2. The standard InChI is InChI=1S/C18H15NO2/c1-3-8-19-17-7-5-4-6-14(17)16-10-13(11-20)9-15(12(2)21)18(16)19/h3-7,9-11H,1,8H2,2H3. The van der Waals surface area contributed by atoms with Crippen LogP contribution in [0.4, 0.5) is 0 Å². The van der Waals surface area contributed by atoms with Crippen LogP contribution in [0.2, 0.25) is 0 Å². The van der Waals surface area contributed by atoms with Gasteiger partial charge in [-0.3, -0.25) is 9.59 Å². The number of fused-ring (bicyclic) bond motifs is 3. The van der Waals surface area contributed by atoms with Gasteiger partial charge in [0, 0.05) is 34.0 Å². The lowest BCUT2D eigenvalue weighted by molar-refractivity contribution is 0.101. The smallest absolute Gasteiger partial charge is 0.161 e. The van der Waals surface area contributed by atoms with Crippen LogP contribution in [0.15, 0.2) is 49.1 Å². The Kier molecular flexibility index (Phi) is 3.18. The van der Waals surface area contributed by atoms with Crippen molar-refractivity contribution in [1.82, 2.24) is 4.57 Å². The quantitative estimate of drug-likeness (QED) is 0.411. The zero-order valence-electron chi connectivity index (χ0n) is 11.8. The summed E-state index contributed by atoms with van der Waals surface area (Å²) in [6.45, 7) is 5.94. The van der Waals surface area contributed by atoms with E-state index in [4.69, 9.17) is 0 Å². The number of Topliss-reactive ketones (excluding diaryl/α,β-unsaturated/α-hetero) is 1. The normalized spacial score (nSPS) is 10.9. The largest absolute Gasteiger partial charge is 0.336 e. The van der Waals surface area contributed by atoms with Crippen LogP contribution in [0.25, 0.3) is 21.8 Å². The third-order valence-electron chi connectivity index (χ3n) is 3.71. The van der Waals surface area contributed by atoms with Gasteiger partial charge in [0.25, 0.3) is 0 Å². The van der Waals surface area contributed by atoms with Crippen molar-refractivity contribution >= 4 is 33.9 Å². The van der Waals surface area contributed by atoms with E-state index in [9.17, 15) is 9.59 Å². The molecule has 0 amide bonds. The molecule has 0 radical (unpaired) electrons. The Morgan fingerprint density at radius 3 is 2.67 bits per heavy atom. The molecule has 0 aliphatic rings. The molecule has 3 heteroatoms.